The fraction of sp³-hybridized carbons (Fsp3) is 0.593. The van der Waals surface area contributed by atoms with Gasteiger partial charge in [-0.2, -0.15) is 10.2 Å². The summed E-state index contributed by atoms with van der Waals surface area (Å²) in [5.41, 5.74) is 0.610. The summed E-state index contributed by atoms with van der Waals surface area (Å²) >= 11 is 5.92. The highest BCUT2D eigenvalue weighted by atomic mass is 35.5. The maximum Gasteiger partial charge on any atom is 0.411 e. The van der Waals surface area contributed by atoms with Gasteiger partial charge in [-0.25, -0.2) is 9.18 Å². The maximum atomic E-state index is 14.2. The quantitative estimate of drug-likeness (QED) is 0.455. The van der Waals surface area contributed by atoms with Crippen LogP contribution in [0.4, 0.5) is 9.18 Å². The molecule has 1 aromatic heterocycles. The first-order valence-corrected chi connectivity index (χ1v) is 12.9. The SMILES string of the molecule is COCOc1cc(Cl)c(F)cc1-c1ccc(CNC2CC3(C)CCC(C)(C2)N3C(=O)OC(C)(C)C)nn1. The van der Waals surface area contributed by atoms with Crippen molar-refractivity contribution in [1.29, 1.82) is 0 Å². The third kappa shape index (κ3) is 5.99. The Morgan fingerprint density at radius 2 is 1.86 bits per heavy atom. The predicted molar refractivity (Wildman–Crippen MR) is 139 cm³/mol. The molecule has 10 heteroatoms. The van der Waals surface area contributed by atoms with Gasteiger partial charge in [-0.1, -0.05) is 11.6 Å². The zero-order valence-electron chi connectivity index (χ0n) is 22.4. The van der Waals surface area contributed by atoms with Crippen molar-refractivity contribution < 1.29 is 23.4 Å². The number of hydrogen-bond acceptors (Lipinski definition) is 7. The molecule has 4 rings (SSSR count). The summed E-state index contributed by atoms with van der Waals surface area (Å²) in [6.45, 7) is 10.5. The van der Waals surface area contributed by atoms with E-state index >= 15 is 0 Å². The number of nitrogens with zero attached hydrogens (tertiary/aromatic N) is 3. The van der Waals surface area contributed by atoms with Crippen molar-refractivity contribution in [2.45, 2.75) is 89.6 Å². The minimum absolute atomic E-state index is 0.00498. The van der Waals surface area contributed by atoms with E-state index in [1.54, 1.807) is 6.07 Å². The third-order valence-electron chi connectivity index (χ3n) is 7.15. The van der Waals surface area contributed by atoms with Crippen molar-refractivity contribution in [3.8, 4) is 17.0 Å². The summed E-state index contributed by atoms with van der Waals surface area (Å²) in [5.74, 6) is -0.203. The number of rotatable bonds is 7. The van der Waals surface area contributed by atoms with E-state index in [9.17, 15) is 9.18 Å². The monoisotopic (exact) mass is 534 g/mol. The standard InChI is InChI=1S/C27H36ClFN4O4/c1-25(2,3)37-24(34)33-26(4)9-10-27(33,5)14-18(13-26)30-15-17-7-8-22(32-31-17)19-11-21(29)20(28)12-23(19)36-16-35-6/h7-8,11-12,18,30H,9-10,13-16H2,1-6H3. The molecular weight excluding hydrogens is 499 g/mol. The highest BCUT2D eigenvalue weighted by Crippen LogP contribution is 2.51. The lowest BCUT2D eigenvalue weighted by Crippen LogP contribution is -2.63. The van der Waals surface area contributed by atoms with Crippen LogP contribution in [-0.4, -0.2) is 57.8 Å². The van der Waals surface area contributed by atoms with Crippen molar-refractivity contribution in [3.05, 3.63) is 40.8 Å². The first-order valence-electron chi connectivity index (χ1n) is 12.5. The van der Waals surface area contributed by atoms with Crippen LogP contribution in [0.25, 0.3) is 11.3 Å². The number of hydrogen-bond donors (Lipinski definition) is 1. The van der Waals surface area contributed by atoms with Gasteiger partial charge in [-0.15, -0.1) is 0 Å². The van der Waals surface area contributed by atoms with Crippen LogP contribution in [0.1, 0.15) is 66.0 Å². The van der Waals surface area contributed by atoms with Crippen LogP contribution in [0.3, 0.4) is 0 Å². The lowest BCUT2D eigenvalue weighted by atomic mass is 9.82. The van der Waals surface area contributed by atoms with Crippen molar-refractivity contribution in [2.75, 3.05) is 13.9 Å². The number of halogens is 2. The van der Waals surface area contributed by atoms with E-state index in [1.807, 2.05) is 31.7 Å². The largest absolute Gasteiger partial charge is 0.467 e. The molecule has 37 heavy (non-hydrogen) atoms. The highest BCUT2D eigenvalue weighted by Gasteiger charge is 2.58. The molecule has 3 heterocycles. The number of benzene rings is 1. The fourth-order valence-corrected chi connectivity index (χ4v) is 5.80. The van der Waals surface area contributed by atoms with Crippen LogP contribution in [-0.2, 0) is 16.0 Å². The Hall–Kier alpha value is -2.49. The van der Waals surface area contributed by atoms with Crippen molar-refractivity contribution in [1.82, 2.24) is 20.4 Å². The summed E-state index contributed by atoms with van der Waals surface area (Å²) in [5, 5.41) is 12.2. The topological polar surface area (TPSA) is 85.8 Å². The molecule has 1 N–H and O–H groups in total. The number of carbonyl (C=O) groups excluding carboxylic acids is 1. The van der Waals surface area contributed by atoms with Crippen LogP contribution in [0, 0.1) is 5.82 Å². The van der Waals surface area contributed by atoms with Gasteiger partial charge in [0.05, 0.1) is 16.4 Å². The molecule has 202 valence electrons. The molecule has 0 radical (unpaired) electrons. The maximum absolute atomic E-state index is 14.2. The Morgan fingerprint density at radius 3 is 2.43 bits per heavy atom. The zero-order valence-corrected chi connectivity index (χ0v) is 23.1. The van der Waals surface area contributed by atoms with Crippen LogP contribution in [0.15, 0.2) is 24.3 Å². The lowest BCUT2D eigenvalue weighted by Gasteiger charge is -2.51. The molecule has 0 spiro atoms. The summed E-state index contributed by atoms with van der Waals surface area (Å²) in [6.07, 6.45) is 3.32. The van der Waals surface area contributed by atoms with Gasteiger partial charge < -0.3 is 19.5 Å². The van der Waals surface area contributed by atoms with E-state index in [-0.39, 0.29) is 35.0 Å². The molecule has 2 fully saturated rings. The van der Waals surface area contributed by atoms with E-state index in [1.165, 1.54) is 19.2 Å². The van der Waals surface area contributed by atoms with E-state index in [0.717, 1.165) is 31.4 Å². The molecule has 0 aliphatic carbocycles. The van der Waals surface area contributed by atoms with E-state index in [0.29, 0.717) is 23.6 Å². The van der Waals surface area contributed by atoms with Crippen molar-refractivity contribution >= 4 is 17.7 Å². The molecule has 2 aromatic rings. The van der Waals surface area contributed by atoms with Gasteiger partial charge in [0.25, 0.3) is 0 Å². The summed E-state index contributed by atoms with van der Waals surface area (Å²) < 4.78 is 30.4. The number of piperidine rings is 1. The summed E-state index contributed by atoms with van der Waals surface area (Å²) in [7, 11) is 1.50. The summed E-state index contributed by atoms with van der Waals surface area (Å²) in [6, 6.07) is 6.54. The molecule has 2 saturated heterocycles. The van der Waals surface area contributed by atoms with Gasteiger partial charge in [0, 0.05) is 42.4 Å². The zero-order chi connectivity index (χ0) is 27.0. The molecule has 2 bridgehead atoms. The van der Waals surface area contributed by atoms with Crippen molar-refractivity contribution in [2.24, 2.45) is 0 Å². The Labute approximate surface area is 222 Å². The van der Waals surface area contributed by atoms with Gasteiger partial charge in [0.1, 0.15) is 17.2 Å². The van der Waals surface area contributed by atoms with Crippen LogP contribution in [0.5, 0.6) is 5.75 Å². The van der Waals surface area contributed by atoms with Crippen LogP contribution >= 0.6 is 11.6 Å². The smallest absolute Gasteiger partial charge is 0.411 e. The number of nitrogens with one attached hydrogen (secondary N) is 1. The molecule has 2 unspecified atom stereocenters. The second-order valence-corrected chi connectivity index (χ2v) is 11.9. The highest BCUT2D eigenvalue weighted by molar-refractivity contribution is 6.31. The van der Waals surface area contributed by atoms with Crippen molar-refractivity contribution in [3.63, 3.8) is 0 Å². The number of carbonyl (C=O) groups is 1. The fourth-order valence-electron chi connectivity index (χ4n) is 5.64. The van der Waals surface area contributed by atoms with E-state index in [2.05, 4.69) is 29.4 Å². The molecular formula is C27H36ClFN4O4. The van der Waals surface area contributed by atoms with Gasteiger partial charge in [-0.05, 0) is 78.5 Å². The molecule has 2 aliphatic rings. The second kappa shape index (κ2) is 10.3. The average Bonchev–Trinajstić information content (AvgIpc) is 2.98. The van der Waals surface area contributed by atoms with Gasteiger partial charge in [0.2, 0.25) is 0 Å². The number of fused-ring (bicyclic) bond motifs is 2. The number of aromatic nitrogens is 2. The van der Waals surface area contributed by atoms with E-state index in [4.69, 9.17) is 25.8 Å². The minimum atomic E-state index is -0.566. The Balaban J connectivity index is 1.43. The number of amides is 1. The molecule has 0 saturated carbocycles. The predicted octanol–water partition coefficient (Wildman–Crippen LogP) is 5.72. The molecule has 2 atom stereocenters. The van der Waals surface area contributed by atoms with Gasteiger partial charge >= 0.3 is 6.09 Å². The molecule has 8 nitrogen and oxygen atoms in total. The third-order valence-corrected chi connectivity index (χ3v) is 7.44. The normalized spacial score (nSPS) is 25.3. The molecule has 1 aromatic carbocycles. The van der Waals surface area contributed by atoms with Crippen LogP contribution in [0.2, 0.25) is 5.02 Å². The lowest BCUT2D eigenvalue weighted by molar-refractivity contribution is -0.0384. The molecule has 2 aliphatic heterocycles. The summed E-state index contributed by atoms with van der Waals surface area (Å²) in [4.78, 5) is 15.0. The van der Waals surface area contributed by atoms with Gasteiger partial charge in [0.15, 0.2) is 6.79 Å². The Kier molecular flexibility index (Phi) is 7.70. The first kappa shape index (κ1) is 27.5. The number of methoxy groups -OCH3 is 1. The Morgan fingerprint density at radius 1 is 1.19 bits per heavy atom. The Bertz CT molecular complexity index is 1120. The minimum Gasteiger partial charge on any atom is -0.467 e. The second-order valence-electron chi connectivity index (χ2n) is 11.5. The average molecular weight is 535 g/mol. The number of ether oxygens (including phenoxy) is 3. The molecule has 1 amide bonds. The van der Waals surface area contributed by atoms with Crippen LogP contribution < -0.4 is 10.1 Å². The van der Waals surface area contributed by atoms with Gasteiger partial charge in [-0.3, -0.25) is 4.90 Å². The van der Waals surface area contributed by atoms with E-state index < -0.39 is 11.4 Å². The first-order chi connectivity index (χ1) is 17.3.